The first-order valence-corrected chi connectivity index (χ1v) is 13.1. The number of anilines is 1. The number of hydrogen-bond donors (Lipinski definition) is 5. The molecule has 2 fully saturated rings. The molecule has 0 radical (unpaired) electrons. The highest BCUT2D eigenvalue weighted by molar-refractivity contribution is 6.31. The number of amides is 1. The number of aromatic hydroxyl groups is 1. The molecule has 2 aromatic carbocycles. The van der Waals surface area contributed by atoms with E-state index in [9.17, 15) is 34.2 Å². The fourth-order valence-corrected chi connectivity index (χ4v) is 6.53. The lowest BCUT2D eigenvalue weighted by molar-refractivity contribution is -0.175. The SMILES string of the molecule is CNc1cc(CNCc2ccc(OC)cc2)c(O)c2c1C[C@H]1C[C@H]3CC(=O)C(C(N)=O)C(=O)[C@@]3(O)C(=O)C1C2=O. The van der Waals surface area contributed by atoms with Crippen molar-refractivity contribution < 1.29 is 38.9 Å². The lowest BCUT2D eigenvalue weighted by Gasteiger charge is -2.48. The smallest absolute Gasteiger partial charge is 0.235 e. The number of ether oxygens (including phenoxy) is 1. The number of fused-ring (bicyclic) bond motifs is 3. The predicted octanol–water partition coefficient (Wildman–Crippen LogP) is 0.667. The standard InChI is InChI=1S/C29H31N3O8/c1-31-19-9-15(12-32-11-13-3-5-17(40-2)6-4-13)24(34)22-18(19)8-14-7-16-10-20(33)23(28(30)38)27(37)29(16,39)26(36)21(14)25(22)35/h3-6,9,14,16,21,23,31-32,34,39H,7-8,10-12H2,1-2H3,(H2,30,38)/t14-,16+,21?,23?,29+/m1/s1. The van der Waals surface area contributed by atoms with E-state index in [1.807, 2.05) is 24.3 Å². The lowest BCUT2D eigenvalue weighted by atomic mass is 9.53. The Bertz CT molecular complexity index is 1440. The molecule has 0 spiro atoms. The Morgan fingerprint density at radius 3 is 2.42 bits per heavy atom. The third kappa shape index (κ3) is 4.16. The number of benzene rings is 2. The van der Waals surface area contributed by atoms with Gasteiger partial charge in [0.05, 0.1) is 18.6 Å². The normalized spacial score (nSPS) is 27.5. The Hall–Kier alpha value is -4.09. The number of rotatable bonds is 7. The van der Waals surface area contributed by atoms with Crippen molar-refractivity contribution >= 4 is 34.7 Å². The van der Waals surface area contributed by atoms with Crippen LogP contribution in [0.5, 0.6) is 11.5 Å². The number of nitrogens with two attached hydrogens (primary N) is 1. The van der Waals surface area contributed by atoms with Crippen molar-refractivity contribution in [1.29, 1.82) is 0 Å². The first kappa shape index (κ1) is 27.5. The molecule has 0 heterocycles. The third-order valence-corrected chi connectivity index (χ3v) is 8.55. The van der Waals surface area contributed by atoms with Crippen LogP contribution in [0.3, 0.4) is 0 Å². The Labute approximate surface area is 230 Å². The molecule has 0 aromatic heterocycles. The van der Waals surface area contributed by atoms with E-state index in [4.69, 9.17) is 10.5 Å². The zero-order valence-corrected chi connectivity index (χ0v) is 22.2. The molecule has 210 valence electrons. The van der Waals surface area contributed by atoms with E-state index in [-0.39, 0.29) is 37.1 Å². The van der Waals surface area contributed by atoms with Crippen LogP contribution in [0.1, 0.15) is 39.9 Å². The second-order valence-corrected chi connectivity index (χ2v) is 10.7. The van der Waals surface area contributed by atoms with Gasteiger partial charge >= 0.3 is 0 Å². The third-order valence-electron chi connectivity index (χ3n) is 8.55. The van der Waals surface area contributed by atoms with Crippen molar-refractivity contribution in [2.24, 2.45) is 29.4 Å². The molecule has 1 amide bonds. The van der Waals surface area contributed by atoms with Crippen molar-refractivity contribution in [3.8, 4) is 11.5 Å². The summed E-state index contributed by atoms with van der Waals surface area (Å²) in [7, 11) is 3.27. The minimum atomic E-state index is -2.67. The molecule has 3 aliphatic rings. The van der Waals surface area contributed by atoms with Crippen LogP contribution in [0.15, 0.2) is 30.3 Å². The second kappa shape index (κ2) is 10.1. The molecule has 0 bridgehead atoms. The first-order chi connectivity index (χ1) is 19.0. The zero-order valence-electron chi connectivity index (χ0n) is 22.2. The Morgan fingerprint density at radius 2 is 1.80 bits per heavy atom. The number of primary amides is 1. The Morgan fingerprint density at radius 1 is 1.10 bits per heavy atom. The van der Waals surface area contributed by atoms with Gasteiger partial charge in [-0.15, -0.1) is 0 Å². The molecule has 2 saturated carbocycles. The molecule has 5 rings (SSSR count). The van der Waals surface area contributed by atoms with Gasteiger partial charge in [-0.05, 0) is 48.1 Å². The Balaban J connectivity index is 1.45. The number of nitrogens with one attached hydrogen (secondary N) is 2. The van der Waals surface area contributed by atoms with Gasteiger partial charge in [-0.3, -0.25) is 24.0 Å². The van der Waals surface area contributed by atoms with E-state index in [2.05, 4.69) is 10.6 Å². The van der Waals surface area contributed by atoms with Crippen LogP contribution in [-0.4, -0.2) is 59.0 Å². The summed E-state index contributed by atoms with van der Waals surface area (Å²) in [5.41, 5.74) is 5.09. The number of phenols is 1. The van der Waals surface area contributed by atoms with E-state index in [1.165, 1.54) is 0 Å². The van der Waals surface area contributed by atoms with Crippen molar-refractivity contribution in [3.05, 3.63) is 52.6 Å². The summed E-state index contributed by atoms with van der Waals surface area (Å²) in [5, 5.41) is 28.9. The summed E-state index contributed by atoms with van der Waals surface area (Å²) < 4.78 is 5.17. The van der Waals surface area contributed by atoms with E-state index in [0.29, 0.717) is 23.4 Å². The van der Waals surface area contributed by atoms with Crippen molar-refractivity contribution in [1.82, 2.24) is 5.32 Å². The molecule has 40 heavy (non-hydrogen) atoms. The molecular formula is C29H31N3O8. The van der Waals surface area contributed by atoms with E-state index >= 15 is 0 Å². The van der Waals surface area contributed by atoms with Gasteiger partial charge in [0, 0.05) is 43.7 Å². The minimum absolute atomic E-state index is 0.0319. The average molecular weight is 550 g/mol. The highest BCUT2D eigenvalue weighted by Crippen LogP contribution is 2.51. The van der Waals surface area contributed by atoms with Gasteiger partial charge in [-0.25, -0.2) is 0 Å². The molecule has 0 aliphatic heterocycles. The lowest BCUT2D eigenvalue weighted by Crippen LogP contribution is -2.68. The monoisotopic (exact) mass is 549 g/mol. The van der Waals surface area contributed by atoms with E-state index < -0.39 is 58.3 Å². The summed E-state index contributed by atoms with van der Waals surface area (Å²) in [5.74, 6) is -9.50. The topological polar surface area (TPSA) is 185 Å². The summed E-state index contributed by atoms with van der Waals surface area (Å²) >= 11 is 0. The molecule has 0 saturated heterocycles. The van der Waals surface area contributed by atoms with Crippen LogP contribution in [0.4, 0.5) is 5.69 Å². The minimum Gasteiger partial charge on any atom is -0.507 e. The van der Waals surface area contributed by atoms with Crippen LogP contribution in [0, 0.1) is 23.7 Å². The van der Waals surface area contributed by atoms with Crippen LogP contribution < -0.4 is 21.1 Å². The molecule has 2 unspecified atom stereocenters. The number of carbonyl (C=O) groups excluding carboxylic acids is 5. The zero-order chi connectivity index (χ0) is 28.9. The average Bonchev–Trinajstić information content (AvgIpc) is 2.92. The summed E-state index contributed by atoms with van der Waals surface area (Å²) in [6.07, 6.45) is -0.0973. The predicted molar refractivity (Wildman–Crippen MR) is 142 cm³/mol. The number of phenolic OH excluding ortho intramolecular Hbond substituents is 1. The van der Waals surface area contributed by atoms with Crippen LogP contribution >= 0.6 is 0 Å². The van der Waals surface area contributed by atoms with Crippen LogP contribution in [-0.2, 0) is 38.7 Å². The van der Waals surface area contributed by atoms with E-state index in [1.54, 1.807) is 20.2 Å². The first-order valence-electron chi connectivity index (χ1n) is 13.1. The molecular weight excluding hydrogens is 518 g/mol. The largest absolute Gasteiger partial charge is 0.507 e. The fourth-order valence-electron chi connectivity index (χ4n) is 6.53. The molecule has 2 aromatic rings. The van der Waals surface area contributed by atoms with Gasteiger partial charge in [0.25, 0.3) is 0 Å². The van der Waals surface area contributed by atoms with Crippen LogP contribution in [0.25, 0.3) is 0 Å². The molecule has 6 N–H and O–H groups in total. The molecule has 11 heteroatoms. The quantitative estimate of drug-likeness (QED) is 0.243. The van der Waals surface area contributed by atoms with Gasteiger partial charge in [0.15, 0.2) is 34.7 Å². The summed E-state index contributed by atoms with van der Waals surface area (Å²) in [6.45, 7) is 0.685. The van der Waals surface area contributed by atoms with Gasteiger partial charge in [-0.1, -0.05) is 12.1 Å². The maximum absolute atomic E-state index is 13.8. The van der Waals surface area contributed by atoms with Gasteiger partial charge in [0.2, 0.25) is 5.91 Å². The highest BCUT2D eigenvalue weighted by Gasteiger charge is 2.66. The molecule has 5 atom stereocenters. The maximum atomic E-state index is 13.8. The highest BCUT2D eigenvalue weighted by atomic mass is 16.5. The summed E-state index contributed by atoms with van der Waals surface area (Å²) in [6, 6.07) is 9.21. The van der Waals surface area contributed by atoms with Crippen molar-refractivity contribution in [3.63, 3.8) is 0 Å². The van der Waals surface area contributed by atoms with Gasteiger partial charge in [-0.2, -0.15) is 0 Å². The maximum Gasteiger partial charge on any atom is 0.235 e. The number of ketones is 4. The number of hydrogen-bond acceptors (Lipinski definition) is 10. The van der Waals surface area contributed by atoms with Crippen molar-refractivity contribution in [2.75, 3.05) is 19.5 Å². The van der Waals surface area contributed by atoms with Gasteiger partial charge < -0.3 is 31.3 Å². The Kier molecular flexibility index (Phi) is 6.97. The molecule has 3 aliphatic carbocycles. The van der Waals surface area contributed by atoms with Crippen LogP contribution in [0.2, 0.25) is 0 Å². The van der Waals surface area contributed by atoms with E-state index in [0.717, 1.165) is 11.3 Å². The number of carbonyl (C=O) groups is 5. The number of Topliss-reactive ketones (excluding diaryl/α,β-unsaturated/α-hetero) is 4. The molecule has 11 nitrogen and oxygen atoms in total. The second-order valence-electron chi connectivity index (χ2n) is 10.7. The number of aliphatic hydroxyl groups is 1. The fraction of sp³-hybridized carbons (Fsp3) is 0.414. The van der Waals surface area contributed by atoms with Gasteiger partial charge in [0.1, 0.15) is 11.5 Å². The number of methoxy groups -OCH3 is 1. The summed E-state index contributed by atoms with van der Waals surface area (Å²) in [4.78, 5) is 64.9. The van der Waals surface area contributed by atoms with Crippen molar-refractivity contribution in [2.45, 2.75) is 38.0 Å².